The van der Waals surface area contributed by atoms with Crippen molar-refractivity contribution in [2.24, 2.45) is 5.10 Å². The van der Waals surface area contributed by atoms with E-state index in [4.69, 9.17) is 14.2 Å². The Labute approximate surface area is 206 Å². The first-order chi connectivity index (χ1) is 16.6. The Morgan fingerprint density at radius 2 is 1.59 bits per heavy atom. The Balaban J connectivity index is 1.49. The summed E-state index contributed by atoms with van der Waals surface area (Å²) >= 11 is 3.54. The highest BCUT2D eigenvalue weighted by Gasteiger charge is 2.14. The number of carbonyl (C=O) groups is 1. The molecule has 0 saturated carbocycles. The number of nitrogens with zero attached hydrogens (tertiary/aromatic N) is 1. The molecule has 34 heavy (non-hydrogen) atoms. The van der Waals surface area contributed by atoms with Gasteiger partial charge in [-0.2, -0.15) is 5.10 Å². The van der Waals surface area contributed by atoms with Gasteiger partial charge in [0.15, 0.2) is 11.5 Å². The smallest absolute Gasteiger partial charge is 0.275 e. The predicted octanol–water partition coefficient (Wildman–Crippen LogP) is 5.96. The van der Waals surface area contributed by atoms with Crippen molar-refractivity contribution in [2.75, 3.05) is 14.2 Å². The lowest BCUT2D eigenvalue weighted by Gasteiger charge is -2.13. The summed E-state index contributed by atoms with van der Waals surface area (Å²) in [4.78, 5) is 12.8. The van der Waals surface area contributed by atoms with Crippen molar-refractivity contribution in [3.63, 3.8) is 0 Å². The number of hydrogen-bond acceptors (Lipinski definition) is 5. The maximum Gasteiger partial charge on any atom is 0.275 e. The third-order valence-corrected chi connectivity index (χ3v) is 5.76. The normalized spacial score (nSPS) is 10.9. The lowest BCUT2D eigenvalue weighted by atomic mass is 10.1. The minimum absolute atomic E-state index is 0.368. The van der Waals surface area contributed by atoms with Crippen LogP contribution in [0.25, 0.3) is 10.8 Å². The molecule has 0 aliphatic heterocycles. The fraction of sp³-hybridized carbons (Fsp3) is 0.111. The van der Waals surface area contributed by atoms with Gasteiger partial charge >= 0.3 is 0 Å². The van der Waals surface area contributed by atoms with Gasteiger partial charge in [0.2, 0.25) is 0 Å². The number of methoxy groups -OCH3 is 2. The van der Waals surface area contributed by atoms with E-state index in [9.17, 15) is 4.79 Å². The molecular weight excluding hydrogens is 496 g/mol. The largest absolute Gasteiger partial charge is 0.496 e. The second-order valence-electron chi connectivity index (χ2n) is 7.41. The first-order valence-corrected chi connectivity index (χ1v) is 11.3. The molecule has 1 amide bonds. The average molecular weight is 519 g/mol. The van der Waals surface area contributed by atoms with Gasteiger partial charge in [-0.25, -0.2) is 5.43 Å². The SMILES string of the molecule is COc1cc2ccccc2cc1C(=O)N/N=C\c1cc(Br)c(OCc2ccccc2)c(OC)c1. The Bertz CT molecular complexity index is 1340. The van der Waals surface area contributed by atoms with Crippen molar-refractivity contribution < 1.29 is 19.0 Å². The molecule has 4 aromatic carbocycles. The van der Waals surface area contributed by atoms with Crippen LogP contribution >= 0.6 is 15.9 Å². The van der Waals surface area contributed by atoms with Gasteiger partial charge in [-0.05, 0) is 62.1 Å². The van der Waals surface area contributed by atoms with Crippen LogP contribution in [-0.4, -0.2) is 26.3 Å². The molecule has 0 unspecified atom stereocenters. The summed E-state index contributed by atoms with van der Waals surface area (Å²) in [5.41, 5.74) is 4.75. The second-order valence-corrected chi connectivity index (χ2v) is 8.26. The lowest BCUT2D eigenvalue weighted by Crippen LogP contribution is -2.18. The maximum atomic E-state index is 12.8. The minimum Gasteiger partial charge on any atom is -0.496 e. The molecule has 4 aromatic rings. The fourth-order valence-corrected chi connectivity index (χ4v) is 4.05. The highest BCUT2D eigenvalue weighted by Crippen LogP contribution is 2.37. The predicted molar refractivity (Wildman–Crippen MR) is 137 cm³/mol. The van der Waals surface area contributed by atoms with Crippen LogP contribution in [0.4, 0.5) is 0 Å². The number of carbonyl (C=O) groups excluding carboxylic acids is 1. The van der Waals surface area contributed by atoms with E-state index in [0.717, 1.165) is 21.9 Å². The maximum absolute atomic E-state index is 12.8. The summed E-state index contributed by atoms with van der Waals surface area (Å²) in [5, 5.41) is 6.05. The molecule has 0 spiro atoms. The molecule has 0 bridgehead atoms. The molecule has 0 fully saturated rings. The average Bonchev–Trinajstić information content (AvgIpc) is 2.87. The van der Waals surface area contributed by atoms with E-state index < -0.39 is 0 Å². The van der Waals surface area contributed by atoms with E-state index in [1.807, 2.05) is 66.7 Å². The number of nitrogens with one attached hydrogen (secondary N) is 1. The van der Waals surface area contributed by atoms with E-state index >= 15 is 0 Å². The van der Waals surface area contributed by atoms with Crippen LogP contribution in [0.5, 0.6) is 17.2 Å². The minimum atomic E-state index is -0.368. The highest BCUT2D eigenvalue weighted by molar-refractivity contribution is 9.10. The van der Waals surface area contributed by atoms with Gasteiger partial charge in [0, 0.05) is 0 Å². The molecule has 0 saturated heterocycles. The third-order valence-electron chi connectivity index (χ3n) is 5.17. The molecule has 6 nitrogen and oxygen atoms in total. The summed E-state index contributed by atoms with van der Waals surface area (Å²) < 4.78 is 17.6. The van der Waals surface area contributed by atoms with E-state index in [2.05, 4.69) is 26.5 Å². The molecule has 0 aromatic heterocycles. The Hall–Kier alpha value is -3.84. The van der Waals surface area contributed by atoms with Crippen LogP contribution in [0.15, 0.2) is 88.4 Å². The summed E-state index contributed by atoms with van der Waals surface area (Å²) in [5.74, 6) is 1.26. The van der Waals surface area contributed by atoms with Crippen LogP contribution in [0.2, 0.25) is 0 Å². The number of hydrazone groups is 1. The second kappa shape index (κ2) is 10.9. The van der Waals surface area contributed by atoms with Gasteiger partial charge in [-0.3, -0.25) is 4.79 Å². The number of amides is 1. The molecule has 0 radical (unpaired) electrons. The van der Waals surface area contributed by atoms with Gasteiger partial charge in [0.25, 0.3) is 5.91 Å². The van der Waals surface area contributed by atoms with Crippen LogP contribution < -0.4 is 19.6 Å². The van der Waals surface area contributed by atoms with Crippen LogP contribution in [0.3, 0.4) is 0 Å². The van der Waals surface area contributed by atoms with Gasteiger partial charge in [-0.1, -0.05) is 54.6 Å². The number of benzene rings is 4. The quantitative estimate of drug-likeness (QED) is 0.230. The topological polar surface area (TPSA) is 69.2 Å². The third kappa shape index (κ3) is 5.38. The lowest BCUT2D eigenvalue weighted by molar-refractivity contribution is 0.0952. The van der Waals surface area contributed by atoms with E-state index in [1.165, 1.54) is 7.11 Å². The summed E-state index contributed by atoms with van der Waals surface area (Å²) in [7, 11) is 3.11. The molecule has 4 rings (SSSR count). The van der Waals surface area contributed by atoms with Crippen molar-refractivity contribution in [1.82, 2.24) is 5.43 Å². The number of halogens is 1. The first kappa shape index (κ1) is 23.3. The van der Waals surface area contributed by atoms with E-state index in [0.29, 0.717) is 33.9 Å². The zero-order valence-electron chi connectivity index (χ0n) is 18.7. The molecule has 0 atom stereocenters. The monoisotopic (exact) mass is 518 g/mol. The number of rotatable bonds is 8. The molecule has 0 aliphatic carbocycles. The Morgan fingerprint density at radius 1 is 0.912 bits per heavy atom. The molecule has 7 heteroatoms. The molecule has 0 heterocycles. The summed E-state index contributed by atoms with van der Waals surface area (Å²) in [6.07, 6.45) is 1.54. The van der Waals surface area contributed by atoms with Gasteiger partial charge in [0.05, 0.1) is 30.5 Å². The Kier molecular flexibility index (Phi) is 7.44. The van der Waals surface area contributed by atoms with Crippen LogP contribution in [0.1, 0.15) is 21.5 Å². The summed E-state index contributed by atoms with van der Waals surface area (Å²) in [6, 6.07) is 24.9. The molecule has 172 valence electrons. The van der Waals surface area contributed by atoms with Crippen molar-refractivity contribution in [1.29, 1.82) is 0 Å². The molecular formula is C27H23BrN2O4. The zero-order chi connectivity index (χ0) is 23.9. The van der Waals surface area contributed by atoms with Crippen LogP contribution in [-0.2, 0) is 6.61 Å². The molecule has 0 aliphatic rings. The number of hydrogen-bond donors (Lipinski definition) is 1. The van der Waals surface area contributed by atoms with Gasteiger partial charge < -0.3 is 14.2 Å². The van der Waals surface area contributed by atoms with Crippen molar-refractivity contribution in [3.8, 4) is 17.2 Å². The van der Waals surface area contributed by atoms with E-state index in [-0.39, 0.29) is 5.91 Å². The van der Waals surface area contributed by atoms with Crippen molar-refractivity contribution in [2.45, 2.75) is 6.61 Å². The van der Waals surface area contributed by atoms with E-state index in [1.54, 1.807) is 25.5 Å². The Morgan fingerprint density at radius 3 is 2.29 bits per heavy atom. The van der Waals surface area contributed by atoms with Crippen molar-refractivity contribution in [3.05, 3.63) is 100 Å². The molecule has 1 N–H and O–H groups in total. The fourth-order valence-electron chi connectivity index (χ4n) is 3.48. The van der Waals surface area contributed by atoms with Crippen LogP contribution in [0, 0.1) is 0 Å². The van der Waals surface area contributed by atoms with Gasteiger partial charge in [0.1, 0.15) is 12.4 Å². The standard InChI is InChI=1S/C27H23BrN2O4/c1-32-24-15-21-11-7-6-10-20(21)14-22(24)27(31)30-29-16-19-12-23(28)26(25(13-19)33-2)34-17-18-8-4-3-5-9-18/h3-16H,17H2,1-2H3,(H,30,31)/b29-16-. The van der Waals surface area contributed by atoms with Crippen molar-refractivity contribution >= 4 is 38.8 Å². The number of fused-ring (bicyclic) bond motifs is 1. The number of ether oxygens (including phenoxy) is 3. The first-order valence-electron chi connectivity index (χ1n) is 10.5. The zero-order valence-corrected chi connectivity index (χ0v) is 20.3. The van der Waals surface area contributed by atoms with Gasteiger partial charge in [-0.15, -0.1) is 0 Å². The highest BCUT2D eigenvalue weighted by atomic mass is 79.9. The summed E-state index contributed by atoms with van der Waals surface area (Å²) in [6.45, 7) is 0.410.